The van der Waals surface area contributed by atoms with Crippen molar-refractivity contribution in [2.45, 2.75) is 38.1 Å². The van der Waals surface area contributed by atoms with E-state index in [0.29, 0.717) is 32.8 Å². The van der Waals surface area contributed by atoms with Crippen LogP contribution >= 0.6 is 0 Å². The number of nitrogens with zero attached hydrogens (tertiary/aromatic N) is 1. The van der Waals surface area contributed by atoms with Crippen LogP contribution in [0.15, 0.2) is 0 Å². The molecule has 5 heteroatoms. The molecule has 106 valence electrons. The second-order valence-electron chi connectivity index (χ2n) is 4.56. The average molecular weight is 258 g/mol. The quantitative estimate of drug-likeness (QED) is 0.536. The van der Waals surface area contributed by atoms with Crippen molar-refractivity contribution in [3.63, 3.8) is 0 Å². The fourth-order valence-corrected chi connectivity index (χ4v) is 1.38. The lowest BCUT2D eigenvalue weighted by Crippen LogP contribution is -2.33. The Labute approximate surface area is 110 Å². The van der Waals surface area contributed by atoms with Crippen LogP contribution in [0.3, 0.4) is 0 Å². The van der Waals surface area contributed by atoms with Gasteiger partial charge in [0.2, 0.25) is 0 Å². The molecule has 0 aliphatic carbocycles. The first-order valence-corrected chi connectivity index (χ1v) is 6.47. The van der Waals surface area contributed by atoms with Crippen molar-refractivity contribution < 1.29 is 14.2 Å². The summed E-state index contributed by atoms with van der Waals surface area (Å²) in [6.45, 7) is 5.13. The van der Waals surface area contributed by atoms with Crippen LogP contribution in [0.25, 0.3) is 0 Å². The number of unbranched alkanes of at least 4 members (excludes halogenated alkanes) is 1. The van der Waals surface area contributed by atoms with E-state index in [0.717, 1.165) is 25.9 Å². The van der Waals surface area contributed by atoms with Gasteiger partial charge in [-0.3, -0.25) is 0 Å². The number of hydrogen-bond donors (Lipinski definition) is 1. The van der Waals surface area contributed by atoms with Crippen LogP contribution in [-0.4, -0.2) is 45.7 Å². The van der Waals surface area contributed by atoms with Crippen molar-refractivity contribution >= 4 is 0 Å². The molecule has 2 N–H and O–H groups in total. The summed E-state index contributed by atoms with van der Waals surface area (Å²) in [4.78, 5) is 0. The summed E-state index contributed by atoms with van der Waals surface area (Å²) < 4.78 is 15.7. The van der Waals surface area contributed by atoms with E-state index in [2.05, 4.69) is 6.07 Å². The molecule has 0 spiro atoms. The van der Waals surface area contributed by atoms with Gasteiger partial charge < -0.3 is 19.9 Å². The van der Waals surface area contributed by atoms with E-state index in [4.69, 9.17) is 25.2 Å². The van der Waals surface area contributed by atoms with Gasteiger partial charge in [0.15, 0.2) is 0 Å². The third-order valence-electron chi connectivity index (χ3n) is 2.50. The SMILES string of the molecule is COCCCOCCOCCCCC(C)(N)C#N. The highest BCUT2D eigenvalue weighted by Gasteiger charge is 2.15. The molecule has 0 aromatic heterocycles. The van der Waals surface area contributed by atoms with Crippen LogP contribution in [0.1, 0.15) is 32.6 Å². The van der Waals surface area contributed by atoms with Crippen molar-refractivity contribution in [3.8, 4) is 6.07 Å². The van der Waals surface area contributed by atoms with Gasteiger partial charge in [-0.1, -0.05) is 0 Å². The molecule has 0 aromatic carbocycles. The Bertz CT molecular complexity index is 227. The Balaban J connectivity index is 3.11. The molecule has 0 aliphatic heterocycles. The minimum absolute atomic E-state index is 0.616. The van der Waals surface area contributed by atoms with E-state index in [9.17, 15) is 0 Å². The second-order valence-corrected chi connectivity index (χ2v) is 4.56. The average Bonchev–Trinajstić information content (AvgIpc) is 2.36. The predicted molar refractivity (Wildman–Crippen MR) is 70.2 cm³/mol. The Morgan fingerprint density at radius 2 is 1.61 bits per heavy atom. The highest BCUT2D eigenvalue weighted by Crippen LogP contribution is 2.08. The molecule has 5 nitrogen and oxygen atoms in total. The number of nitriles is 1. The molecule has 0 bridgehead atoms. The van der Waals surface area contributed by atoms with Crippen LogP contribution in [-0.2, 0) is 14.2 Å². The first-order chi connectivity index (χ1) is 8.62. The van der Waals surface area contributed by atoms with Gasteiger partial charge in [-0.05, 0) is 32.6 Å². The van der Waals surface area contributed by atoms with Gasteiger partial charge in [0.05, 0.1) is 19.3 Å². The zero-order valence-corrected chi connectivity index (χ0v) is 11.6. The summed E-state index contributed by atoms with van der Waals surface area (Å²) in [6.07, 6.45) is 3.47. The molecule has 0 aliphatic rings. The summed E-state index contributed by atoms with van der Waals surface area (Å²) in [5.41, 5.74) is 5.00. The number of nitrogens with two attached hydrogens (primary N) is 1. The van der Waals surface area contributed by atoms with E-state index in [-0.39, 0.29) is 0 Å². The molecule has 0 saturated heterocycles. The number of hydrogen-bond acceptors (Lipinski definition) is 5. The maximum Gasteiger partial charge on any atom is 0.101 e. The standard InChI is InChI=1S/C13H26N2O3/c1-13(15,12-14)6-3-4-8-17-10-11-18-9-5-7-16-2/h3-11,15H2,1-2H3. The topological polar surface area (TPSA) is 77.5 Å². The Hall–Kier alpha value is -0.670. The van der Waals surface area contributed by atoms with Gasteiger partial charge >= 0.3 is 0 Å². The zero-order valence-electron chi connectivity index (χ0n) is 11.6. The van der Waals surface area contributed by atoms with Gasteiger partial charge in [-0.2, -0.15) is 5.26 Å². The largest absolute Gasteiger partial charge is 0.385 e. The minimum Gasteiger partial charge on any atom is -0.385 e. The van der Waals surface area contributed by atoms with E-state index >= 15 is 0 Å². The van der Waals surface area contributed by atoms with Crippen LogP contribution in [0.4, 0.5) is 0 Å². The lowest BCUT2D eigenvalue weighted by atomic mass is 9.98. The maximum atomic E-state index is 8.72. The summed E-state index contributed by atoms with van der Waals surface area (Å²) >= 11 is 0. The molecule has 0 fully saturated rings. The van der Waals surface area contributed by atoms with Gasteiger partial charge in [0.25, 0.3) is 0 Å². The maximum absolute atomic E-state index is 8.72. The molecule has 0 aromatic rings. The third kappa shape index (κ3) is 11.8. The Kier molecular flexibility index (Phi) is 11.0. The summed E-state index contributed by atoms with van der Waals surface area (Å²) in [7, 11) is 1.68. The Morgan fingerprint density at radius 1 is 1.00 bits per heavy atom. The normalized spacial score (nSPS) is 14.1. The van der Waals surface area contributed by atoms with E-state index < -0.39 is 5.54 Å². The van der Waals surface area contributed by atoms with Crippen LogP contribution in [0.5, 0.6) is 0 Å². The fraction of sp³-hybridized carbons (Fsp3) is 0.923. The molecular formula is C13H26N2O3. The lowest BCUT2D eigenvalue weighted by molar-refractivity contribution is 0.0385. The molecule has 0 amide bonds. The smallest absolute Gasteiger partial charge is 0.101 e. The molecule has 1 atom stereocenters. The van der Waals surface area contributed by atoms with Crippen molar-refractivity contribution in [2.24, 2.45) is 5.73 Å². The van der Waals surface area contributed by atoms with Gasteiger partial charge in [0, 0.05) is 26.9 Å². The number of methoxy groups -OCH3 is 1. The molecular weight excluding hydrogens is 232 g/mol. The third-order valence-corrected chi connectivity index (χ3v) is 2.50. The summed E-state index contributed by atoms with van der Waals surface area (Å²) in [5.74, 6) is 0. The van der Waals surface area contributed by atoms with E-state index in [1.807, 2.05) is 0 Å². The fourth-order valence-electron chi connectivity index (χ4n) is 1.38. The summed E-state index contributed by atoms with van der Waals surface area (Å²) in [5, 5.41) is 8.72. The molecule has 1 unspecified atom stereocenters. The Morgan fingerprint density at radius 3 is 2.17 bits per heavy atom. The van der Waals surface area contributed by atoms with Crippen LogP contribution in [0.2, 0.25) is 0 Å². The highest BCUT2D eigenvalue weighted by atomic mass is 16.5. The molecule has 0 rings (SSSR count). The minimum atomic E-state index is -0.704. The van der Waals surface area contributed by atoms with Crippen molar-refractivity contribution in [1.82, 2.24) is 0 Å². The first kappa shape index (κ1) is 17.3. The van der Waals surface area contributed by atoms with Crippen molar-refractivity contribution in [1.29, 1.82) is 5.26 Å². The second kappa shape index (κ2) is 11.4. The predicted octanol–water partition coefficient (Wildman–Crippen LogP) is 1.47. The van der Waals surface area contributed by atoms with Gasteiger partial charge in [-0.25, -0.2) is 0 Å². The van der Waals surface area contributed by atoms with Crippen LogP contribution < -0.4 is 5.73 Å². The van der Waals surface area contributed by atoms with E-state index in [1.54, 1.807) is 14.0 Å². The molecule has 0 radical (unpaired) electrons. The highest BCUT2D eigenvalue weighted by molar-refractivity contribution is 5.00. The van der Waals surface area contributed by atoms with Crippen LogP contribution in [0, 0.1) is 11.3 Å². The lowest BCUT2D eigenvalue weighted by Gasteiger charge is -2.14. The van der Waals surface area contributed by atoms with E-state index in [1.165, 1.54) is 0 Å². The zero-order chi connectivity index (χ0) is 13.7. The molecule has 18 heavy (non-hydrogen) atoms. The molecule has 0 saturated carbocycles. The summed E-state index contributed by atoms with van der Waals surface area (Å²) in [6, 6.07) is 2.08. The number of rotatable bonds is 12. The van der Waals surface area contributed by atoms with Crippen molar-refractivity contribution in [2.75, 3.05) is 40.1 Å². The van der Waals surface area contributed by atoms with Gasteiger partial charge in [0.1, 0.15) is 5.54 Å². The molecule has 0 heterocycles. The van der Waals surface area contributed by atoms with Crippen molar-refractivity contribution in [3.05, 3.63) is 0 Å². The van der Waals surface area contributed by atoms with Gasteiger partial charge in [-0.15, -0.1) is 0 Å². The number of ether oxygens (including phenoxy) is 3. The first-order valence-electron chi connectivity index (χ1n) is 6.47. The monoisotopic (exact) mass is 258 g/mol.